The summed E-state index contributed by atoms with van der Waals surface area (Å²) in [4.78, 5) is 22.8. The van der Waals surface area contributed by atoms with E-state index in [1.54, 1.807) is 0 Å². The Morgan fingerprint density at radius 2 is 2.03 bits per heavy atom. The van der Waals surface area contributed by atoms with Crippen molar-refractivity contribution < 1.29 is 9.53 Å². The molecule has 2 aliphatic heterocycles. The van der Waals surface area contributed by atoms with E-state index in [-0.39, 0.29) is 12.0 Å². The number of carbonyl (C=O) groups is 1. The molecule has 3 heterocycles. The van der Waals surface area contributed by atoms with Crippen LogP contribution in [0.15, 0.2) is 42.5 Å². The van der Waals surface area contributed by atoms with E-state index in [2.05, 4.69) is 61.0 Å². The predicted molar refractivity (Wildman–Crippen MR) is 136 cm³/mol. The molecule has 2 atom stereocenters. The summed E-state index contributed by atoms with van der Waals surface area (Å²) in [5.74, 6) is 1.97. The number of aldehydes is 1. The highest BCUT2D eigenvalue weighted by atomic mass is 35.5. The molecule has 6 heteroatoms. The van der Waals surface area contributed by atoms with E-state index in [1.807, 2.05) is 12.1 Å². The first-order valence-electron chi connectivity index (χ1n) is 11.9. The molecule has 0 amide bonds. The number of hydrogen-bond donors (Lipinski definition) is 1. The fourth-order valence-corrected chi connectivity index (χ4v) is 5.82. The molecule has 1 saturated heterocycles. The lowest BCUT2D eigenvalue weighted by molar-refractivity contribution is -0.110. The van der Waals surface area contributed by atoms with Crippen molar-refractivity contribution in [3.8, 4) is 16.9 Å². The molecule has 1 aromatic heterocycles. The number of halogens is 1. The third-order valence-corrected chi connectivity index (χ3v) is 7.56. The lowest BCUT2D eigenvalue weighted by atomic mass is 9.94. The molecule has 0 aliphatic carbocycles. The molecule has 173 valence electrons. The number of H-pyrrole nitrogens is 1. The molecule has 3 aromatic carbocycles. The minimum Gasteiger partial charge on any atom is -0.488 e. The molecule has 2 aliphatic rings. The lowest BCUT2D eigenvalue weighted by Gasteiger charge is -2.33. The maximum atomic E-state index is 11.9. The number of likely N-dealkylation sites (tertiary alicyclic amines) is 1. The number of aromatic amines is 1. The van der Waals surface area contributed by atoms with Crippen LogP contribution in [0.25, 0.3) is 32.9 Å². The third kappa shape index (κ3) is 3.33. The van der Waals surface area contributed by atoms with Crippen LogP contribution in [0, 0.1) is 12.0 Å². The third-order valence-electron chi connectivity index (χ3n) is 7.33. The maximum Gasteiger partial charge on any atom is 0.142 e. The molecule has 1 fully saturated rings. The van der Waals surface area contributed by atoms with Gasteiger partial charge in [0.05, 0.1) is 17.1 Å². The van der Waals surface area contributed by atoms with Crippen LogP contribution in [0.4, 0.5) is 0 Å². The number of ether oxygens (including phenoxy) is 1. The fraction of sp³-hybridized carbons (Fsp3) is 0.321. The molecule has 5 nitrogen and oxygen atoms in total. The lowest BCUT2D eigenvalue weighted by Crippen LogP contribution is -2.37. The summed E-state index contributed by atoms with van der Waals surface area (Å²) in [6.07, 6.45) is 3.03. The fourth-order valence-electron chi connectivity index (χ4n) is 5.62. The van der Waals surface area contributed by atoms with E-state index < -0.39 is 0 Å². The van der Waals surface area contributed by atoms with Crippen molar-refractivity contribution in [1.82, 2.24) is 14.9 Å². The van der Waals surface area contributed by atoms with Gasteiger partial charge in [-0.1, -0.05) is 37.6 Å². The topological polar surface area (TPSA) is 58.2 Å². The van der Waals surface area contributed by atoms with E-state index in [0.29, 0.717) is 12.6 Å². The maximum absolute atomic E-state index is 11.9. The van der Waals surface area contributed by atoms with Gasteiger partial charge in [-0.15, -0.1) is 0 Å². The van der Waals surface area contributed by atoms with Gasteiger partial charge in [0.25, 0.3) is 0 Å². The first-order valence-corrected chi connectivity index (χ1v) is 12.3. The van der Waals surface area contributed by atoms with Crippen LogP contribution >= 0.6 is 11.6 Å². The number of aromatic nitrogens is 2. The van der Waals surface area contributed by atoms with Crippen molar-refractivity contribution in [3.63, 3.8) is 0 Å². The number of carbonyl (C=O) groups excluding carboxylic acids is 1. The Bertz CT molecular complexity index is 1430. The average Bonchev–Trinajstić information content (AvgIpc) is 3.42. The van der Waals surface area contributed by atoms with Gasteiger partial charge in [0.2, 0.25) is 0 Å². The quantitative estimate of drug-likeness (QED) is 0.330. The van der Waals surface area contributed by atoms with Gasteiger partial charge in [0, 0.05) is 22.0 Å². The summed E-state index contributed by atoms with van der Waals surface area (Å²) >= 11 is 6.19. The Morgan fingerprint density at radius 1 is 1.18 bits per heavy atom. The Labute approximate surface area is 204 Å². The van der Waals surface area contributed by atoms with E-state index in [0.717, 1.165) is 74.7 Å². The second-order valence-electron chi connectivity index (χ2n) is 9.79. The van der Waals surface area contributed by atoms with Crippen LogP contribution in [0.2, 0.25) is 5.02 Å². The Morgan fingerprint density at radius 3 is 2.82 bits per heavy atom. The Kier molecular flexibility index (Phi) is 5.16. The molecule has 1 N–H and O–H groups in total. The molecule has 0 unspecified atom stereocenters. The van der Waals surface area contributed by atoms with Crippen molar-refractivity contribution in [2.75, 3.05) is 0 Å². The van der Waals surface area contributed by atoms with Crippen LogP contribution in [0.5, 0.6) is 5.75 Å². The number of benzene rings is 3. The van der Waals surface area contributed by atoms with E-state index in [4.69, 9.17) is 21.3 Å². The number of nitrogens with zero attached hydrogens (tertiary/aromatic N) is 2. The summed E-state index contributed by atoms with van der Waals surface area (Å²) in [5, 5.41) is 2.95. The van der Waals surface area contributed by atoms with Gasteiger partial charge in [-0.3, -0.25) is 4.90 Å². The van der Waals surface area contributed by atoms with E-state index in [9.17, 15) is 4.79 Å². The van der Waals surface area contributed by atoms with Crippen molar-refractivity contribution >= 4 is 39.7 Å². The highest BCUT2D eigenvalue weighted by Crippen LogP contribution is 2.44. The summed E-state index contributed by atoms with van der Waals surface area (Å²) < 4.78 is 6.13. The van der Waals surface area contributed by atoms with Crippen LogP contribution in [-0.2, 0) is 11.4 Å². The minimum absolute atomic E-state index is 0.0746. The van der Waals surface area contributed by atoms with Crippen molar-refractivity contribution in [3.05, 3.63) is 64.9 Å². The smallest absolute Gasteiger partial charge is 0.142 e. The van der Waals surface area contributed by atoms with Gasteiger partial charge >= 0.3 is 0 Å². The number of nitrogens with one attached hydrogen (secondary N) is 1. The van der Waals surface area contributed by atoms with Gasteiger partial charge in [-0.2, -0.15) is 0 Å². The monoisotopic (exact) mass is 472 g/mol. The minimum atomic E-state index is 0.0746. The highest BCUT2D eigenvalue weighted by molar-refractivity contribution is 6.30. The molecule has 0 spiro atoms. The molecular weight excluding hydrogens is 446 g/mol. The van der Waals surface area contributed by atoms with Crippen LogP contribution < -0.4 is 4.74 Å². The first-order chi connectivity index (χ1) is 16.4. The molecule has 4 aromatic rings. The number of hydrogen-bond acceptors (Lipinski definition) is 4. The van der Waals surface area contributed by atoms with Crippen LogP contribution in [-0.4, -0.2) is 27.2 Å². The number of fused-ring (bicyclic) bond motifs is 6. The normalized spacial score (nSPS) is 20.2. The SMILES string of the molecule is CC(C)[C](C=O)N1[C@@H](C)CC[C@H]1c1nc2ccc3cc4c(cc3c2[nH]1)OCc1cc(Cl)ccc1-4. The molecular formula is C28H27ClN3O2. The average molecular weight is 473 g/mol. The number of rotatable bonds is 4. The van der Waals surface area contributed by atoms with Crippen molar-refractivity contribution in [2.24, 2.45) is 5.92 Å². The van der Waals surface area contributed by atoms with E-state index in [1.165, 1.54) is 5.56 Å². The van der Waals surface area contributed by atoms with Gasteiger partial charge in [0.1, 0.15) is 30.5 Å². The zero-order valence-electron chi connectivity index (χ0n) is 19.6. The Balaban J connectivity index is 1.46. The largest absolute Gasteiger partial charge is 0.488 e. The van der Waals surface area contributed by atoms with Crippen LogP contribution in [0.3, 0.4) is 0 Å². The number of imidazole rings is 1. The molecule has 6 rings (SSSR count). The van der Waals surface area contributed by atoms with Gasteiger partial charge in [-0.25, -0.2) is 4.98 Å². The highest BCUT2D eigenvalue weighted by Gasteiger charge is 2.40. The molecule has 34 heavy (non-hydrogen) atoms. The standard InChI is InChI=1S/C28H27ClN3O2/c1-15(2)25(13-33)32-16(3)4-9-24(32)28-30-23-8-5-17-11-22-20-7-6-19(29)10-18(20)14-34-26(22)12-21(17)27(23)31-28/h5-8,10-13,15-16,24H,4,9,14H2,1-3H3,(H,30,31)/t16-,24-/m0/s1. The molecule has 0 bridgehead atoms. The van der Waals surface area contributed by atoms with Gasteiger partial charge in [0.15, 0.2) is 0 Å². The predicted octanol–water partition coefficient (Wildman–Crippen LogP) is 6.84. The second kappa shape index (κ2) is 8.10. The molecule has 1 radical (unpaired) electrons. The summed E-state index contributed by atoms with van der Waals surface area (Å²) in [6, 6.07) is 15.7. The summed E-state index contributed by atoms with van der Waals surface area (Å²) in [7, 11) is 0. The summed E-state index contributed by atoms with van der Waals surface area (Å²) in [6.45, 7) is 6.85. The Hall–Kier alpha value is -2.89. The van der Waals surface area contributed by atoms with Crippen molar-refractivity contribution in [1.29, 1.82) is 0 Å². The first kappa shape index (κ1) is 21.6. The van der Waals surface area contributed by atoms with E-state index >= 15 is 0 Å². The molecule has 0 saturated carbocycles. The zero-order chi connectivity index (χ0) is 23.6. The second-order valence-corrected chi connectivity index (χ2v) is 10.2. The van der Waals surface area contributed by atoms with Crippen molar-refractivity contribution in [2.45, 2.75) is 52.3 Å². The zero-order valence-corrected chi connectivity index (χ0v) is 20.3. The van der Waals surface area contributed by atoms with Gasteiger partial charge in [-0.05, 0) is 72.5 Å². The van der Waals surface area contributed by atoms with Crippen LogP contribution in [0.1, 0.15) is 51.0 Å². The van der Waals surface area contributed by atoms with Gasteiger partial charge < -0.3 is 14.5 Å². The summed E-state index contributed by atoms with van der Waals surface area (Å²) in [5.41, 5.74) is 5.30.